The Morgan fingerprint density at radius 3 is 2.59 bits per heavy atom. The molecule has 0 spiro atoms. The molecule has 2 amide bonds. The maximum Gasteiger partial charge on any atom is 0.240 e. The summed E-state index contributed by atoms with van der Waals surface area (Å²) < 4.78 is 1.59. The number of fused-ring (bicyclic) bond motifs is 1. The zero-order valence-electron chi connectivity index (χ0n) is 18.2. The SMILES string of the molecule is CCC(C(N)=O)n1cc(C(=O)c2cncc(NC(=O)Cc3ccc(Cl)cc3)c2)c2cncnc21. The molecule has 3 heterocycles. The van der Waals surface area contributed by atoms with Crippen molar-refractivity contribution in [3.8, 4) is 0 Å². The predicted molar refractivity (Wildman–Crippen MR) is 128 cm³/mol. The molecule has 1 aromatic carbocycles. The van der Waals surface area contributed by atoms with E-state index in [0.29, 0.717) is 33.7 Å². The topological polar surface area (TPSA) is 133 Å². The molecule has 0 aliphatic carbocycles. The standard InChI is InChI=1S/C24H21ClN6O3/c1-2-20(23(26)34)31-12-19(18-11-28-13-29-24(18)31)22(33)15-8-17(10-27-9-15)30-21(32)7-14-3-5-16(25)6-4-14/h3-6,8-13,20H,2,7H2,1H3,(H2,26,34)(H,30,32). The minimum absolute atomic E-state index is 0.145. The van der Waals surface area contributed by atoms with E-state index < -0.39 is 11.9 Å². The van der Waals surface area contributed by atoms with Gasteiger partial charge in [-0.3, -0.25) is 19.4 Å². The molecule has 34 heavy (non-hydrogen) atoms. The molecule has 4 rings (SSSR count). The quantitative estimate of drug-likeness (QED) is 0.375. The molecule has 0 radical (unpaired) electrons. The van der Waals surface area contributed by atoms with Crippen LogP contribution in [0.25, 0.3) is 11.0 Å². The van der Waals surface area contributed by atoms with Crippen molar-refractivity contribution in [1.82, 2.24) is 19.5 Å². The number of nitrogens with two attached hydrogens (primary N) is 1. The van der Waals surface area contributed by atoms with Crippen LogP contribution < -0.4 is 11.1 Å². The predicted octanol–water partition coefficient (Wildman–Crippen LogP) is 3.33. The summed E-state index contributed by atoms with van der Waals surface area (Å²) >= 11 is 5.88. The van der Waals surface area contributed by atoms with Crippen LogP contribution in [0.4, 0.5) is 5.69 Å². The zero-order chi connectivity index (χ0) is 24.2. The maximum absolute atomic E-state index is 13.4. The maximum atomic E-state index is 13.4. The Balaban J connectivity index is 1.60. The molecule has 172 valence electrons. The van der Waals surface area contributed by atoms with Crippen LogP contribution in [0.2, 0.25) is 5.02 Å². The number of anilines is 1. The Labute approximate surface area is 200 Å². The number of halogens is 1. The fourth-order valence-corrected chi connectivity index (χ4v) is 3.85. The van der Waals surface area contributed by atoms with Crippen LogP contribution in [-0.2, 0) is 16.0 Å². The monoisotopic (exact) mass is 476 g/mol. The molecule has 0 saturated heterocycles. The lowest BCUT2D eigenvalue weighted by Gasteiger charge is -2.13. The van der Waals surface area contributed by atoms with Crippen molar-refractivity contribution >= 4 is 45.9 Å². The summed E-state index contributed by atoms with van der Waals surface area (Å²) in [6, 6.07) is 7.86. The minimum atomic E-state index is -0.657. The largest absolute Gasteiger partial charge is 0.368 e. The molecule has 0 aliphatic rings. The van der Waals surface area contributed by atoms with Gasteiger partial charge in [-0.05, 0) is 30.2 Å². The Morgan fingerprint density at radius 1 is 1.12 bits per heavy atom. The molecule has 1 atom stereocenters. The summed E-state index contributed by atoms with van der Waals surface area (Å²) in [6.45, 7) is 1.82. The summed E-state index contributed by atoms with van der Waals surface area (Å²) in [5, 5.41) is 3.84. The van der Waals surface area contributed by atoms with Gasteiger partial charge in [0.2, 0.25) is 11.8 Å². The van der Waals surface area contributed by atoms with Gasteiger partial charge in [-0.2, -0.15) is 0 Å². The number of benzene rings is 1. The highest BCUT2D eigenvalue weighted by molar-refractivity contribution is 6.30. The number of aromatic nitrogens is 4. The van der Waals surface area contributed by atoms with Crippen molar-refractivity contribution in [3.05, 3.63) is 83.2 Å². The smallest absolute Gasteiger partial charge is 0.240 e. The number of pyridine rings is 1. The fraction of sp³-hybridized carbons (Fsp3) is 0.167. The lowest BCUT2D eigenvalue weighted by Crippen LogP contribution is -2.25. The molecular formula is C24H21ClN6O3. The van der Waals surface area contributed by atoms with Crippen molar-refractivity contribution in [1.29, 1.82) is 0 Å². The van der Waals surface area contributed by atoms with E-state index >= 15 is 0 Å². The molecule has 0 saturated carbocycles. The number of hydrogen-bond acceptors (Lipinski definition) is 6. The third kappa shape index (κ3) is 4.79. The third-order valence-electron chi connectivity index (χ3n) is 5.35. The van der Waals surface area contributed by atoms with Gasteiger partial charge in [-0.1, -0.05) is 30.7 Å². The van der Waals surface area contributed by atoms with E-state index in [-0.39, 0.29) is 23.7 Å². The Kier molecular flexibility index (Phi) is 6.65. The number of amides is 2. The first-order chi connectivity index (χ1) is 16.4. The van der Waals surface area contributed by atoms with Crippen LogP contribution in [0.1, 0.15) is 40.9 Å². The van der Waals surface area contributed by atoms with Crippen LogP contribution in [0, 0.1) is 0 Å². The number of nitrogens with zero attached hydrogens (tertiary/aromatic N) is 4. The van der Waals surface area contributed by atoms with Gasteiger partial charge < -0.3 is 15.6 Å². The number of hydrogen-bond donors (Lipinski definition) is 2. The van der Waals surface area contributed by atoms with E-state index in [0.717, 1.165) is 5.56 Å². The number of rotatable bonds is 8. The molecule has 4 aromatic rings. The summed E-state index contributed by atoms with van der Waals surface area (Å²) in [5.74, 6) is -1.13. The highest BCUT2D eigenvalue weighted by Crippen LogP contribution is 2.26. The Hall–Kier alpha value is -4.11. The molecule has 0 bridgehead atoms. The summed E-state index contributed by atoms with van der Waals surface area (Å²) in [7, 11) is 0. The molecule has 0 aliphatic heterocycles. The average Bonchev–Trinajstić information content (AvgIpc) is 3.20. The first-order valence-corrected chi connectivity index (χ1v) is 10.9. The molecule has 0 fully saturated rings. The van der Waals surface area contributed by atoms with Crippen LogP contribution in [0.15, 0.2) is 61.4 Å². The highest BCUT2D eigenvalue weighted by Gasteiger charge is 2.24. The summed E-state index contributed by atoms with van der Waals surface area (Å²) in [5.41, 5.74) is 7.74. The van der Waals surface area contributed by atoms with Crippen molar-refractivity contribution < 1.29 is 14.4 Å². The normalized spacial score (nSPS) is 11.8. The van der Waals surface area contributed by atoms with Crippen molar-refractivity contribution in [2.24, 2.45) is 5.73 Å². The summed E-state index contributed by atoms with van der Waals surface area (Å²) in [6.07, 6.45) is 7.88. The Bertz CT molecular complexity index is 1380. The fourth-order valence-electron chi connectivity index (χ4n) is 3.72. The van der Waals surface area contributed by atoms with Gasteiger partial charge in [-0.25, -0.2) is 9.97 Å². The molecular weight excluding hydrogens is 456 g/mol. The average molecular weight is 477 g/mol. The lowest BCUT2D eigenvalue weighted by molar-refractivity contribution is -0.121. The van der Waals surface area contributed by atoms with E-state index in [2.05, 4.69) is 20.3 Å². The zero-order valence-corrected chi connectivity index (χ0v) is 19.0. The van der Waals surface area contributed by atoms with Gasteiger partial charge >= 0.3 is 0 Å². The number of nitrogens with one attached hydrogen (secondary N) is 1. The van der Waals surface area contributed by atoms with E-state index in [4.69, 9.17) is 17.3 Å². The van der Waals surface area contributed by atoms with Gasteiger partial charge in [0.1, 0.15) is 18.0 Å². The van der Waals surface area contributed by atoms with Crippen LogP contribution in [0.3, 0.4) is 0 Å². The second kappa shape index (κ2) is 9.80. The number of carbonyl (C=O) groups is 3. The lowest BCUT2D eigenvalue weighted by atomic mass is 10.1. The van der Waals surface area contributed by atoms with E-state index in [1.165, 1.54) is 24.9 Å². The van der Waals surface area contributed by atoms with E-state index in [9.17, 15) is 14.4 Å². The van der Waals surface area contributed by atoms with Gasteiger partial charge in [0, 0.05) is 34.6 Å². The third-order valence-corrected chi connectivity index (χ3v) is 5.60. The Morgan fingerprint density at radius 2 is 1.88 bits per heavy atom. The summed E-state index contributed by atoms with van der Waals surface area (Å²) in [4.78, 5) is 50.1. The molecule has 9 nitrogen and oxygen atoms in total. The van der Waals surface area contributed by atoms with Crippen LogP contribution >= 0.6 is 11.6 Å². The van der Waals surface area contributed by atoms with Gasteiger partial charge in [0.25, 0.3) is 0 Å². The highest BCUT2D eigenvalue weighted by atomic mass is 35.5. The van der Waals surface area contributed by atoms with Crippen molar-refractivity contribution in [3.63, 3.8) is 0 Å². The first-order valence-electron chi connectivity index (χ1n) is 10.5. The molecule has 1 unspecified atom stereocenters. The molecule has 10 heteroatoms. The van der Waals surface area contributed by atoms with E-state index in [1.54, 1.807) is 41.1 Å². The number of primary amides is 1. The van der Waals surface area contributed by atoms with Gasteiger partial charge in [0.05, 0.1) is 23.9 Å². The second-order valence-electron chi connectivity index (χ2n) is 7.68. The van der Waals surface area contributed by atoms with Crippen LogP contribution in [0.5, 0.6) is 0 Å². The van der Waals surface area contributed by atoms with E-state index in [1.807, 2.05) is 6.92 Å². The second-order valence-corrected chi connectivity index (χ2v) is 8.12. The van der Waals surface area contributed by atoms with Gasteiger partial charge in [0.15, 0.2) is 5.78 Å². The number of ketones is 1. The molecule has 3 aromatic heterocycles. The van der Waals surface area contributed by atoms with Crippen molar-refractivity contribution in [2.45, 2.75) is 25.8 Å². The first kappa shape index (κ1) is 23.1. The molecule has 3 N–H and O–H groups in total. The minimum Gasteiger partial charge on any atom is -0.368 e. The number of carbonyl (C=O) groups excluding carboxylic acids is 3. The van der Waals surface area contributed by atoms with Crippen molar-refractivity contribution in [2.75, 3.05) is 5.32 Å². The van der Waals surface area contributed by atoms with Gasteiger partial charge in [-0.15, -0.1) is 0 Å². The van der Waals surface area contributed by atoms with Crippen LogP contribution in [-0.4, -0.2) is 37.1 Å².